The van der Waals surface area contributed by atoms with Crippen LogP contribution >= 0.6 is 0 Å². The second-order valence-electron chi connectivity index (χ2n) is 4.27. The molecule has 0 saturated carbocycles. The summed E-state index contributed by atoms with van der Waals surface area (Å²) in [7, 11) is 0. The summed E-state index contributed by atoms with van der Waals surface area (Å²) < 4.78 is 7.10. The van der Waals surface area contributed by atoms with E-state index in [1.807, 2.05) is 37.5 Å². The second kappa shape index (κ2) is 4.97. The van der Waals surface area contributed by atoms with Gasteiger partial charge in [-0.2, -0.15) is 0 Å². The van der Waals surface area contributed by atoms with Crippen LogP contribution in [0, 0.1) is 20.8 Å². The summed E-state index contributed by atoms with van der Waals surface area (Å²) in [5, 5.41) is 10.4. The molecule has 0 aromatic carbocycles. The van der Waals surface area contributed by atoms with E-state index in [4.69, 9.17) is 16.0 Å². The number of nitrogens with one attached hydrogen (secondary N) is 1. The average molecular weight is 261 g/mol. The van der Waals surface area contributed by atoms with Crippen molar-refractivity contribution in [2.24, 2.45) is 16.6 Å². The van der Waals surface area contributed by atoms with Crippen LogP contribution in [0.4, 0.5) is 0 Å². The van der Waals surface area contributed by atoms with Gasteiger partial charge in [0.25, 0.3) is 5.96 Å². The van der Waals surface area contributed by atoms with Crippen molar-refractivity contribution < 1.29 is 9.62 Å². The van der Waals surface area contributed by atoms with Crippen molar-refractivity contribution in [3.63, 3.8) is 0 Å². The van der Waals surface area contributed by atoms with Crippen molar-refractivity contribution in [1.82, 2.24) is 9.72 Å². The summed E-state index contributed by atoms with van der Waals surface area (Å²) >= 11 is 0. The Balaban J connectivity index is 2.40. The predicted octanol–water partition coefficient (Wildman–Crippen LogP) is -0.922. The molecule has 0 aliphatic heterocycles. The van der Waals surface area contributed by atoms with Crippen molar-refractivity contribution in [3.8, 4) is 5.82 Å². The standard InChI is InChI=1S/C12H16N6O/c1-7-4-10(6-15-16-12(13)14)9(3)18(7)11-5-8(2)19-17-11/h4-6H,1-3H3,(H4,13,14,16)/p+1/b15-6+. The molecule has 0 aliphatic carbocycles. The highest BCUT2D eigenvalue weighted by atomic mass is 16.5. The summed E-state index contributed by atoms with van der Waals surface area (Å²) in [5.74, 6) is 1.51. The van der Waals surface area contributed by atoms with Crippen LogP contribution in [0.5, 0.6) is 0 Å². The maximum Gasteiger partial charge on any atom is 0.256 e. The Kier molecular flexibility index (Phi) is 3.37. The molecule has 19 heavy (non-hydrogen) atoms. The lowest BCUT2D eigenvalue weighted by molar-refractivity contribution is -0.456. The number of aromatic nitrogens is 2. The Labute approximate surface area is 110 Å². The normalized spacial score (nSPS) is 11.1. The van der Waals surface area contributed by atoms with Crippen LogP contribution in [-0.4, -0.2) is 21.9 Å². The number of guanidine groups is 1. The number of hydrazone groups is 1. The molecule has 0 amide bonds. The van der Waals surface area contributed by atoms with Gasteiger partial charge in [-0.15, -0.1) is 5.10 Å². The van der Waals surface area contributed by atoms with Gasteiger partial charge < -0.3 is 16.0 Å². The van der Waals surface area contributed by atoms with Crippen LogP contribution in [0.2, 0.25) is 0 Å². The highest BCUT2D eigenvalue weighted by Gasteiger charge is 2.13. The van der Waals surface area contributed by atoms with E-state index in [0.717, 1.165) is 28.5 Å². The fraction of sp³-hybridized carbons (Fsp3) is 0.250. The van der Waals surface area contributed by atoms with E-state index in [1.165, 1.54) is 0 Å². The molecule has 0 bridgehead atoms. The van der Waals surface area contributed by atoms with E-state index in [9.17, 15) is 0 Å². The van der Waals surface area contributed by atoms with Crippen molar-refractivity contribution >= 4 is 12.2 Å². The summed E-state index contributed by atoms with van der Waals surface area (Å²) in [5.41, 5.74) is 13.5. The van der Waals surface area contributed by atoms with E-state index in [0.29, 0.717) is 0 Å². The number of nitrogens with two attached hydrogens (primary N) is 2. The second-order valence-corrected chi connectivity index (χ2v) is 4.27. The van der Waals surface area contributed by atoms with E-state index < -0.39 is 0 Å². The Morgan fingerprint density at radius 3 is 2.68 bits per heavy atom. The Bertz CT molecular complexity index is 645. The summed E-state index contributed by atoms with van der Waals surface area (Å²) in [6.45, 7) is 5.84. The quantitative estimate of drug-likeness (QED) is 0.377. The number of rotatable bonds is 3. The first-order valence-corrected chi connectivity index (χ1v) is 5.79. The van der Waals surface area contributed by atoms with Crippen molar-refractivity contribution in [1.29, 1.82) is 0 Å². The maximum atomic E-state index is 5.24. The molecule has 100 valence electrons. The number of aryl methyl sites for hydroxylation is 2. The van der Waals surface area contributed by atoms with Gasteiger partial charge in [0.2, 0.25) is 6.21 Å². The Hall–Kier alpha value is -2.57. The molecule has 2 rings (SSSR count). The third-order valence-corrected chi connectivity index (χ3v) is 2.73. The summed E-state index contributed by atoms with van der Waals surface area (Å²) in [6.07, 6.45) is 1.73. The van der Waals surface area contributed by atoms with Gasteiger partial charge in [0.15, 0.2) is 5.82 Å². The van der Waals surface area contributed by atoms with E-state index in [1.54, 1.807) is 6.21 Å². The lowest BCUT2D eigenvalue weighted by atomic mass is 10.3. The number of hydrogen-bond donors (Lipinski definition) is 3. The monoisotopic (exact) mass is 261 g/mol. The first-order chi connectivity index (χ1) is 8.99. The number of hydrogen-bond acceptors (Lipinski definition) is 3. The molecule has 0 unspecified atom stereocenters. The zero-order chi connectivity index (χ0) is 14.0. The van der Waals surface area contributed by atoms with Crippen LogP contribution in [0.15, 0.2) is 21.8 Å². The third-order valence-electron chi connectivity index (χ3n) is 2.73. The van der Waals surface area contributed by atoms with Gasteiger partial charge in [0.05, 0.1) is 5.56 Å². The Morgan fingerprint density at radius 1 is 1.37 bits per heavy atom. The molecule has 7 nitrogen and oxygen atoms in total. The highest BCUT2D eigenvalue weighted by Crippen LogP contribution is 2.18. The van der Waals surface area contributed by atoms with Crippen LogP contribution in [0.1, 0.15) is 22.7 Å². The topological polar surface area (TPSA) is 109 Å². The van der Waals surface area contributed by atoms with Gasteiger partial charge in [0.1, 0.15) is 5.76 Å². The molecule has 0 aliphatic rings. The fourth-order valence-corrected chi connectivity index (χ4v) is 1.92. The maximum absolute atomic E-state index is 5.24. The molecule has 2 aromatic rings. The van der Waals surface area contributed by atoms with Gasteiger partial charge in [-0.25, -0.2) is 0 Å². The molecule has 0 saturated heterocycles. The molecule has 0 fully saturated rings. The van der Waals surface area contributed by atoms with Gasteiger partial charge in [-0.3, -0.25) is 4.57 Å². The average Bonchev–Trinajstić information content (AvgIpc) is 2.84. The molecule has 7 heteroatoms. The minimum absolute atomic E-state index is 0.0165. The van der Waals surface area contributed by atoms with Gasteiger partial charge >= 0.3 is 0 Å². The van der Waals surface area contributed by atoms with Crippen molar-refractivity contribution in [2.45, 2.75) is 20.8 Å². The molecular weight excluding hydrogens is 244 g/mol. The van der Waals surface area contributed by atoms with Gasteiger partial charge in [-0.1, -0.05) is 5.16 Å². The fourth-order valence-electron chi connectivity index (χ4n) is 1.92. The van der Waals surface area contributed by atoms with E-state index in [2.05, 4.69) is 15.4 Å². The molecule has 0 atom stereocenters. The highest BCUT2D eigenvalue weighted by molar-refractivity contribution is 5.78. The van der Waals surface area contributed by atoms with Gasteiger partial charge in [-0.05, 0) is 26.8 Å². The number of nitrogens with zero attached hydrogens (tertiary/aromatic N) is 3. The van der Waals surface area contributed by atoms with Crippen molar-refractivity contribution in [3.05, 3.63) is 34.8 Å². The smallest absolute Gasteiger partial charge is 0.256 e. The molecule has 0 radical (unpaired) electrons. The summed E-state index contributed by atoms with van der Waals surface area (Å²) in [4.78, 5) is 0. The van der Waals surface area contributed by atoms with Crippen LogP contribution in [0.25, 0.3) is 5.82 Å². The third kappa shape index (κ3) is 2.65. The lowest BCUT2D eigenvalue weighted by Gasteiger charge is -2.03. The molecule has 0 spiro atoms. The van der Waals surface area contributed by atoms with E-state index in [-0.39, 0.29) is 5.96 Å². The molecule has 5 N–H and O–H groups in total. The van der Waals surface area contributed by atoms with Gasteiger partial charge in [0, 0.05) is 22.6 Å². The minimum Gasteiger partial charge on any atom is -0.365 e. The molecule has 2 aromatic heterocycles. The zero-order valence-electron chi connectivity index (χ0n) is 11.1. The minimum atomic E-state index is -0.0165. The first kappa shape index (κ1) is 12.9. The first-order valence-electron chi connectivity index (χ1n) is 5.79. The van der Waals surface area contributed by atoms with Crippen molar-refractivity contribution in [2.75, 3.05) is 0 Å². The van der Waals surface area contributed by atoms with Crippen LogP contribution in [0.3, 0.4) is 0 Å². The zero-order valence-corrected chi connectivity index (χ0v) is 11.1. The summed E-state index contributed by atoms with van der Waals surface area (Å²) in [6, 6.07) is 3.89. The predicted molar refractivity (Wildman–Crippen MR) is 72.0 cm³/mol. The lowest BCUT2D eigenvalue weighted by Crippen LogP contribution is -2.63. The molecule has 2 heterocycles. The van der Waals surface area contributed by atoms with Crippen LogP contribution < -0.4 is 16.6 Å². The van der Waals surface area contributed by atoms with E-state index >= 15 is 0 Å². The van der Waals surface area contributed by atoms with Crippen LogP contribution in [-0.2, 0) is 0 Å². The Morgan fingerprint density at radius 2 is 2.11 bits per heavy atom. The SMILES string of the molecule is Cc1cc(-n2c(C)cc(/C=[NH+]/N=C(N)N)c2C)no1. The largest absolute Gasteiger partial charge is 0.365 e. The molecular formula is C12H17N6O+.